The van der Waals surface area contributed by atoms with Crippen molar-refractivity contribution in [3.63, 3.8) is 0 Å². The van der Waals surface area contributed by atoms with Gasteiger partial charge in [0.2, 0.25) is 0 Å². The van der Waals surface area contributed by atoms with Crippen LogP contribution in [0.3, 0.4) is 0 Å². The molecule has 0 spiro atoms. The fraction of sp³-hybridized carbons (Fsp3) is 0.600. The molecule has 1 aliphatic rings. The van der Waals surface area contributed by atoms with E-state index in [9.17, 15) is 0 Å². The van der Waals surface area contributed by atoms with Crippen LogP contribution in [0.1, 0.15) is 36.8 Å². The third kappa shape index (κ3) is 1.57. The van der Waals surface area contributed by atoms with Crippen LogP contribution in [-0.2, 0) is 19.3 Å². The molecule has 1 aromatic heterocycles. The Morgan fingerprint density at radius 1 is 1.29 bits per heavy atom. The average Bonchev–Trinajstić information content (AvgIpc) is 2.27. The summed E-state index contributed by atoms with van der Waals surface area (Å²) >= 11 is 0. The maximum absolute atomic E-state index is 5.46. The minimum absolute atomic E-state index is 0.826. The smallest absolute Gasteiger partial charge is 0.147 e. The second-order valence-corrected chi connectivity index (χ2v) is 3.62. The number of aromatic nitrogens is 2. The molecule has 14 heavy (non-hydrogen) atoms. The van der Waals surface area contributed by atoms with E-state index in [1.165, 1.54) is 24.1 Å². The zero-order chi connectivity index (χ0) is 9.97. The van der Waals surface area contributed by atoms with E-state index in [0.717, 1.165) is 30.9 Å². The fourth-order valence-electron chi connectivity index (χ4n) is 1.92. The number of hydrogen-bond acceptors (Lipinski definition) is 4. The Hall–Kier alpha value is -1.16. The van der Waals surface area contributed by atoms with Gasteiger partial charge < -0.3 is 5.43 Å². The number of anilines is 1. The summed E-state index contributed by atoms with van der Waals surface area (Å²) in [6, 6.07) is 0. The number of nitrogens with one attached hydrogen (secondary N) is 1. The normalized spacial score (nSPS) is 15.0. The quantitative estimate of drug-likeness (QED) is 0.546. The highest BCUT2D eigenvalue weighted by Gasteiger charge is 2.16. The largest absolute Gasteiger partial charge is 0.308 e. The van der Waals surface area contributed by atoms with Gasteiger partial charge in [0, 0.05) is 17.7 Å². The van der Waals surface area contributed by atoms with Gasteiger partial charge in [-0.15, -0.1) is 0 Å². The maximum atomic E-state index is 5.46. The predicted molar refractivity (Wildman–Crippen MR) is 55.9 cm³/mol. The molecule has 0 bridgehead atoms. The summed E-state index contributed by atoms with van der Waals surface area (Å²) in [7, 11) is 0. The number of hydrazine groups is 1. The first-order valence-corrected chi connectivity index (χ1v) is 5.20. The molecule has 0 aromatic carbocycles. The van der Waals surface area contributed by atoms with Crippen molar-refractivity contribution in [1.82, 2.24) is 9.97 Å². The number of hydrogen-bond donors (Lipinski definition) is 2. The van der Waals surface area contributed by atoms with Crippen molar-refractivity contribution in [3.8, 4) is 0 Å². The van der Waals surface area contributed by atoms with Crippen molar-refractivity contribution in [3.05, 3.63) is 17.1 Å². The molecule has 4 heteroatoms. The molecule has 2 rings (SSSR count). The fourth-order valence-corrected chi connectivity index (χ4v) is 1.92. The number of fused-ring (bicyclic) bond motifs is 1. The Balaban J connectivity index is 2.47. The molecule has 0 saturated heterocycles. The van der Waals surface area contributed by atoms with Crippen LogP contribution in [0.5, 0.6) is 0 Å². The number of nitrogens with two attached hydrogens (primary N) is 1. The van der Waals surface area contributed by atoms with E-state index in [0.29, 0.717) is 0 Å². The van der Waals surface area contributed by atoms with E-state index in [4.69, 9.17) is 5.84 Å². The zero-order valence-corrected chi connectivity index (χ0v) is 8.51. The second kappa shape index (κ2) is 3.92. The number of rotatable bonds is 2. The summed E-state index contributed by atoms with van der Waals surface area (Å²) in [5.41, 5.74) is 5.09. The van der Waals surface area contributed by atoms with Crippen molar-refractivity contribution < 1.29 is 0 Å². The van der Waals surface area contributed by atoms with E-state index in [1.54, 1.807) is 0 Å². The number of aryl methyl sites for hydroxylation is 2. The summed E-state index contributed by atoms with van der Waals surface area (Å²) in [6.07, 6.45) is 5.44. The molecule has 1 aromatic rings. The molecule has 0 amide bonds. The average molecular weight is 192 g/mol. The zero-order valence-electron chi connectivity index (χ0n) is 8.51. The minimum atomic E-state index is 0.826. The lowest BCUT2D eigenvalue weighted by atomic mass is 9.96. The van der Waals surface area contributed by atoms with Gasteiger partial charge in [0.1, 0.15) is 11.6 Å². The highest BCUT2D eigenvalue weighted by molar-refractivity contribution is 5.46. The van der Waals surface area contributed by atoms with Crippen molar-refractivity contribution in [2.75, 3.05) is 5.43 Å². The summed E-state index contributed by atoms with van der Waals surface area (Å²) < 4.78 is 0. The van der Waals surface area contributed by atoms with Gasteiger partial charge in [-0.1, -0.05) is 6.92 Å². The topological polar surface area (TPSA) is 63.8 Å². The molecule has 0 atom stereocenters. The third-order valence-electron chi connectivity index (χ3n) is 2.68. The Bertz CT molecular complexity index is 318. The molecule has 0 unspecified atom stereocenters. The number of nitrogen functional groups attached to an aromatic ring is 1. The first kappa shape index (κ1) is 9.40. The van der Waals surface area contributed by atoms with Gasteiger partial charge in [0.25, 0.3) is 0 Å². The van der Waals surface area contributed by atoms with Crippen LogP contribution in [0.2, 0.25) is 0 Å². The van der Waals surface area contributed by atoms with Crippen LogP contribution in [-0.4, -0.2) is 9.97 Å². The van der Waals surface area contributed by atoms with Crippen LogP contribution in [0.25, 0.3) is 0 Å². The van der Waals surface area contributed by atoms with E-state index in [1.807, 2.05) is 0 Å². The van der Waals surface area contributed by atoms with Crippen molar-refractivity contribution in [1.29, 1.82) is 0 Å². The summed E-state index contributed by atoms with van der Waals surface area (Å²) in [5.74, 6) is 7.17. The lowest BCUT2D eigenvalue weighted by molar-refractivity contribution is 0.656. The molecule has 4 nitrogen and oxygen atoms in total. The van der Waals surface area contributed by atoms with Crippen molar-refractivity contribution >= 4 is 5.82 Å². The van der Waals surface area contributed by atoms with E-state index >= 15 is 0 Å². The van der Waals surface area contributed by atoms with Gasteiger partial charge in [-0.05, 0) is 25.7 Å². The second-order valence-electron chi connectivity index (χ2n) is 3.62. The molecule has 0 saturated carbocycles. The van der Waals surface area contributed by atoms with Crippen LogP contribution in [0, 0.1) is 0 Å². The Morgan fingerprint density at radius 3 is 2.79 bits per heavy atom. The lowest BCUT2D eigenvalue weighted by Gasteiger charge is -2.18. The monoisotopic (exact) mass is 192 g/mol. The summed E-state index contributed by atoms with van der Waals surface area (Å²) in [6.45, 7) is 2.06. The highest BCUT2D eigenvalue weighted by atomic mass is 15.3. The van der Waals surface area contributed by atoms with Crippen molar-refractivity contribution in [2.24, 2.45) is 5.84 Å². The van der Waals surface area contributed by atoms with Crippen LogP contribution in [0.15, 0.2) is 0 Å². The highest BCUT2D eigenvalue weighted by Crippen LogP contribution is 2.24. The van der Waals surface area contributed by atoms with Gasteiger partial charge >= 0.3 is 0 Å². The summed E-state index contributed by atoms with van der Waals surface area (Å²) in [4.78, 5) is 8.91. The van der Waals surface area contributed by atoms with E-state index < -0.39 is 0 Å². The van der Waals surface area contributed by atoms with Crippen LogP contribution < -0.4 is 11.3 Å². The number of nitrogens with zero attached hydrogens (tertiary/aromatic N) is 2. The van der Waals surface area contributed by atoms with Crippen LogP contribution in [0.4, 0.5) is 5.82 Å². The Morgan fingerprint density at radius 2 is 2.07 bits per heavy atom. The minimum Gasteiger partial charge on any atom is -0.308 e. The van der Waals surface area contributed by atoms with Gasteiger partial charge in [-0.25, -0.2) is 15.8 Å². The standard InChI is InChI=1S/C10H16N4/c1-2-9-12-8-6-4-3-5-7(8)10(13-9)14-11/h2-6,11H2,1H3,(H,12,13,14). The SMILES string of the molecule is CCc1nc2c(c(NN)n1)CCCC2. The van der Waals surface area contributed by atoms with E-state index in [2.05, 4.69) is 22.3 Å². The molecule has 1 heterocycles. The molecule has 0 aliphatic heterocycles. The Labute approximate surface area is 83.9 Å². The van der Waals surface area contributed by atoms with Gasteiger partial charge in [0.15, 0.2) is 0 Å². The van der Waals surface area contributed by atoms with Gasteiger partial charge in [0.05, 0.1) is 0 Å². The first-order chi connectivity index (χ1) is 6.85. The maximum Gasteiger partial charge on any atom is 0.147 e. The summed E-state index contributed by atoms with van der Waals surface area (Å²) in [5, 5.41) is 0. The van der Waals surface area contributed by atoms with Crippen LogP contribution >= 0.6 is 0 Å². The lowest BCUT2D eigenvalue weighted by Crippen LogP contribution is -2.17. The molecule has 0 radical (unpaired) electrons. The van der Waals surface area contributed by atoms with Gasteiger partial charge in [-0.2, -0.15) is 0 Å². The Kier molecular flexibility index (Phi) is 2.63. The molecule has 0 fully saturated rings. The molecule has 1 aliphatic carbocycles. The molecular weight excluding hydrogens is 176 g/mol. The predicted octanol–water partition coefficient (Wildman–Crippen LogP) is 1.20. The van der Waals surface area contributed by atoms with Gasteiger partial charge in [-0.3, -0.25) is 0 Å². The van der Waals surface area contributed by atoms with E-state index in [-0.39, 0.29) is 0 Å². The molecule has 76 valence electrons. The molecular formula is C10H16N4. The first-order valence-electron chi connectivity index (χ1n) is 5.20. The third-order valence-corrected chi connectivity index (χ3v) is 2.68. The van der Waals surface area contributed by atoms with Crippen molar-refractivity contribution in [2.45, 2.75) is 39.0 Å². The molecule has 3 N–H and O–H groups in total.